The van der Waals surface area contributed by atoms with Crippen molar-refractivity contribution in [3.63, 3.8) is 0 Å². The number of benzene rings is 9. The first-order chi connectivity index (χ1) is 31.5. The van der Waals surface area contributed by atoms with Crippen LogP contribution in [0.3, 0.4) is 0 Å². The first-order valence-electron chi connectivity index (χ1n) is 21.2. The molecule has 9 heteroatoms. The predicted octanol–water partition coefficient (Wildman–Crippen LogP) is 9.58. The van der Waals surface area contributed by atoms with E-state index in [1.54, 1.807) is 4.57 Å². The molecule has 10 aromatic rings. The highest BCUT2D eigenvalue weighted by molar-refractivity contribution is 7.20. The van der Waals surface area contributed by atoms with Crippen LogP contribution in [-0.2, 0) is 12.4 Å². The van der Waals surface area contributed by atoms with Crippen LogP contribution < -0.4 is 41.5 Å². The molecule has 9 aromatic carbocycles. The van der Waals surface area contributed by atoms with Crippen LogP contribution in [0.15, 0.2) is 237 Å². The molecular weight excluding hydrogens is 857 g/mol. The molecular formula is C56H39F6NSi2. The smallest absolute Gasteiger partial charge is 0.309 e. The van der Waals surface area contributed by atoms with E-state index in [2.05, 4.69) is 84.9 Å². The van der Waals surface area contributed by atoms with E-state index in [1.807, 2.05) is 133 Å². The molecule has 0 saturated heterocycles. The topological polar surface area (TPSA) is 4.93 Å². The van der Waals surface area contributed by atoms with Crippen molar-refractivity contribution in [1.29, 1.82) is 0 Å². The number of fused-ring (bicyclic) bond motifs is 3. The van der Waals surface area contributed by atoms with E-state index in [0.29, 0.717) is 21.8 Å². The molecule has 0 atom stereocenters. The molecule has 0 aliphatic rings. The van der Waals surface area contributed by atoms with Crippen LogP contribution in [-0.4, -0.2) is 20.7 Å². The van der Waals surface area contributed by atoms with Gasteiger partial charge in [0.1, 0.15) is 0 Å². The zero-order chi connectivity index (χ0) is 44.8. The Morgan fingerprint density at radius 2 is 0.538 bits per heavy atom. The number of nitrogens with zero attached hydrogens (tertiary/aromatic N) is 1. The van der Waals surface area contributed by atoms with Crippen molar-refractivity contribution in [2.75, 3.05) is 0 Å². The van der Waals surface area contributed by atoms with Gasteiger partial charge in [-0.25, -0.2) is 0 Å². The van der Waals surface area contributed by atoms with Gasteiger partial charge in [0, 0.05) is 16.5 Å². The van der Waals surface area contributed by atoms with Gasteiger partial charge in [0.2, 0.25) is 0 Å². The van der Waals surface area contributed by atoms with Gasteiger partial charge >= 0.3 is 12.4 Å². The molecule has 1 heterocycles. The van der Waals surface area contributed by atoms with E-state index in [-0.39, 0.29) is 11.8 Å². The van der Waals surface area contributed by atoms with Crippen LogP contribution in [0.4, 0.5) is 26.3 Å². The zero-order valence-corrected chi connectivity index (χ0v) is 36.7. The molecule has 0 unspecified atom stereocenters. The van der Waals surface area contributed by atoms with Crippen molar-refractivity contribution in [2.24, 2.45) is 0 Å². The van der Waals surface area contributed by atoms with Gasteiger partial charge in [0.15, 0.2) is 16.1 Å². The van der Waals surface area contributed by atoms with Crippen LogP contribution in [0.1, 0.15) is 11.1 Å². The summed E-state index contributed by atoms with van der Waals surface area (Å²) >= 11 is 0. The average molecular weight is 896 g/mol. The molecule has 0 aliphatic heterocycles. The van der Waals surface area contributed by atoms with E-state index >= 15 is 0 Å². The molecule has 1 aromatic heterocycles. The van der Waals surface area contributed by atoms with Gasteiger partial charge in [-0.2, -0.15) is 26.3 Å². The molecule has 65 heavy (non-hydrogen) atoms. The first-order valence-corrected chi connectivity index (χ1v) is 25.2. The standard InChI is InChI=1S/C56H39F6NSi2/c57-55(58,59)40-35-41(56(60,61)62)37-42(36-40)63-53-33-31-49(64(43-19-7-1-8-20-43,44-21-9-2-10-22-44)45-23-11-3-12-24-45)38-51(53)52-39-50(32-34-54(52)63)65(46-25-13-4-14-26-46,47-27-15-5-16-28-47)48-29-17-6-18-30-48/h1-39H. The summed E-state index contributed by atoms with van der Waals surface area (Å²) in [7, 11) is -6.30. The molecule has 1 nitrogen and oxygen atoms in total. The summed E-state index contributed by atoms with van der Waals surface area (Å²) in [6.45, 7) is 0. The molecule has 10 rings (SSSR count). The van der Waals surface area contributed by atoms with E-state index in [1.165, 1.54) is 0 Å². The highest BCUT2D eigenvalue weighted by atomic mass is 28.3. The molecule has 0 spiro atoms. The lowest BCUT2D eigenvalue weighted by Crippen LogP contribution is -2.74. The Morgan fingerprint density at radius 3 is 0.785 bits per heavy atom. The van der Waals surface area contributed by atoms with Crippen molar-refractivity contribution in [1.82, 2.24) is 4.57 Å². The maximum Gasteiger partial charge on any atom is 0.416 e. The summed E-state index contributed by atoms with van der Waals surface area (Å²) in [6, 6.07) is 76.1. The van der Waals surface area contributed by atoms with Crippen LogP contribution in [0.2, 0.25) is 0 Å². The van der Waals surface area contributed by atoms with Crippen LogP contribution in [0.25, 0.3) is 27.5 Å². The molecule has 0 bridgehead atoms. The van der Waals surface area contributed by atoms with E-state index < -0.39 is 39.6 Å². The summed E-state index contributed by atoms with van der Waals surface area (Å²) < 4.78 is 89.0. The van der Waals surface area contributed by atoms with E-state index in [4.69, 9.17) is 0 Å². The summed E-state index contributed by atoms with van der Waals surface area (Å²) in [5.41, 5.74) is -2.02. The Kier molecular flexibility index (Phi) is 10.5. The zero-order valence-electron chi connectivity index (χ0n) is 34.7. The monoisotopic (exact) mass is 895 g/mol. The van der Waals surface area contributed by atoms with Crippen LogP contribution in [0.5, 0.6) is 0 Å². The third-order valence-corrected chi connectivity index (χ3v) is 22.3. The van der Waals surface area contributed by atoms with Gasteiger partial charge in [0.25, 0.3) is 0 Å². The van der Waals surface area contributed by atoms with Gasteiger partial charge in [-0.15, -0.1) is 0 Å². The summed E-state index contributed by atoms with van der Waals surface area (Å²) in [5.74, 6) is 0. The Balaban J connectivity index is 1.37. The Hall–Kier alpha value is -7.21. The molecule has 0 radical (unpaired) electrons. The third-order valence-electron chi connectivity index (χ3n) is 12.7. The average Bonchev–Trinajstić information content (AvgIpc) is 3.67. The van der Waals surface area contributed by atoms with Gasteiger partial charge in [-0.1, -0.05) is 206 Å². The predicted molar refractivity (Wildman–Crippen MR) is 258 cm³/mol. The Morgan fingerprint density at radius 1 is 0.277 bits per heavy atom. The number of halogens is 6. The largest absolute Gasteiger partial charge is 0.416 e. The van der Waals surface area contributed by atoms with Gasteiger partial charge in [-0.05, 0) is 71.8 Å². The quantitative estimate of drug-likeness (QED) is 0.0774. The van der Waals surface area contributed by atoms with Crippen molar-refractivity contribution in [2.45, 2.75) is 12.4 Å². The minimum absolute atomic E-state index is 0.187. The highest BCUT2D eigenvalue weighted by Crippen LogP contribution is 2.40. The molecule has 0 amide bonds. The minimum atomic E-state index is -5.03. The lowest BCUT2D eigenvalue weighted by Gasteiger charge is -2.34. The molecule has 0 saturated carbocycles. The van der Waals surface area contributed by atoms with Crippen molar-refractivity contribution < 1.29 is 26.3 Å². The maximum atomic E-state index is 14.6. The Labute approximate surface area is 374 Å². The second-order valence-corrected chi connectivity index (χ2v) is 23.9. The molecule has 0 N–H and O–H groups in total. The highest BCUT2D eigenvalue weighted by Gasteiger charge is 2.44. The normalized spacial score (nSPS) is 12.5. The fourth-order valence-electron chi connectivity index (χ4n) is 9.96. The first kappa shape index (κ1) is 41.8. The minimum Gasteiger partial charge on any atom is -0.309 e. The summed E-state index contributed by atoms with van der Waals surface area (Å²) in [4.78, 5) is 0. The number of hydrogen-bond donors (Lipinski definition) is 0. The lowest BCUT2D eigenvalue weighted by atomic mass is 10.1. The number of rotatable bonds is 9. The number of alkyl halides is 6. The van der Waals surface area contributed by atoms with Crippen molar-refractivity contribution in [3.05, 3.63) is 248 Å². The number of aromatic nitrogens is 1. The SMILES string of the molecule is FC(F)(F)c1cc(-n2c3ccc([Si](c4ccccc4)(c4ccccc4)c4ccccc4)cc3c3cc([Si](c4ccccc4)(c4ccccc4)c4ccccc4)ccc32)cc(C(F)(F)F)c1. The van der Waals surface area contributed by atoms with Gasteiger partial charge in [0.05, 0.1) is 22.2 Å². The van der Waals surface area contributed by atoms with Gasteiger partial charge < -0.3 is 4.57 Å². The van der Waals surface area contributed by atoms with E-state index in [0.717, 1.165) is 53.6 Å². The second kappa shape index (κ2) is 16.4. The van der Waals surface area contributed by atoms with E-state index in [9.17, 15) is 26.3 Å². The third kappa shape index (κ3) is 7.12. The fraction of sp³-hybridized carbons (Fsp3) is 0.0357. The van der Waals surface area contributed by atoms with Crippen LogP contribution in [0, 0.1) is 0 Å². The number of hydrogen-bond acceptors (Lipinski definition) is 0. The summed E-state index contributed by atoms with van der Waals surface area (Å²) in [6.07, 6.45) is -10.1. The molecule has 0 aliphatic carbocycles. The lowest BCUT2D eigenvalue weighted by molar-refractivity contribution is -0.143. The van der Waals surface area contributed by atoms with Crippen LogP contribution >= 0.6 is 0 Å². The Bertz CT molecular complexity index is 2860. The second-order valence-electron chi connectivity index (χ2n) is 16.3. The van der Waals surface area contributed by atoms with Crippen molar-refractivity contribution >= 4 is 79.4 Å². The van der Waals surface area contributed by atoms with Gasteiger partial charge in [-0.3, -0.25) is 0 Å². The molecule has 0 fully saturated rings. The van der Waals surface area contributed by atoms with Crippen molar-refractivity contribution in [3.8, 4) is 5.69 Å². The maximum absolute atomic E-state index is 14.6. The molecule has 318 valence electrons. The summed E-state index contributed by atoms with van der Waals surface area (Å²) in [5, 5.41) is 10.2. The fourth-order valence-corrected chi connectivity index (χ4v) is 19.5.